The van der Waals surface area contributed by atoms with Crippen molar-refractivity contribution in [3.05, 3.63) is 24.2 Å². The first-order valence-corrected chi connectivity index (χ1v) is 8.85. The Balaban J connectivity index is 1.91. The summed E-state index contributed by atoms with van der Waals surface area (Å²) in [5.74, 6) is 1.06. The number of hydrogen-bond acceptors (Lipinski definition) is 4. The Morgan fingerprint density at radius 2 is 2.30 bits per heavy atom. The molecule has 5 heteroatoms. The van der Waals surface area contributed by atoms with E-state index in [0.29, 0.717) is 6.54 Å². The van der Waals surface area contributed by atoms with Gasteiger partial charge in [-0.15, -0.1) is 0 Å². The predicted octanol–water partition coefficient (Wildman–Crippen LogP) is 2.65. The normalized spacial score (nSPS) is 20.6. The van der Waals surface area contributed by atoms with E-state index in [1.165, 1.54) is 12.8 Å². The predicted molar refractivity (Wildman–Crippen MR) is 92.3 cm³/mol. The maximum Gasteiger partial charge on any atom is 0.237 e. The highest BCUT2D eigenvalue weighted by atomic mass is 16.3. The minimum Gasteiger partial charge on any atom is -0.468 e. The molecule has 0 unspecified atom stereocenters. The van der Waals surface area contributed by atoms with E-state index in [1.54, 1.807) is 6.26 Å². The molecule has 5 nitrogen and oxygen atoms in total. The highest BCUT2D eigenvalue weighted by molar-refractivity contribution is 5.81. The molecule has 23 heavy (non-hydrogen) atoms. The molecule has 1 amide bonds. The van der Waals surface area contributed by atoms with Gasteiger partial charge in [-0.05, 0) is 58.6 Å². The van der Waals surface area contributed by atoms with Crippen LogP contribution in [0.25, 0.3) is 0 Å². The molecule has 1 saturated heterocycles. The highest BCUT2D eigenvalue weighted by Crippen LogP contribution is 2.20. The first kappa shape index (κ1) is 18.0. The van der Waals surface area contributed by atoms with Gasteiger partial charge in [0.1, 0.15) is 5.76 Å². The number of amides is 1. The van der Waals surface area contributed by atoms with Crippen molar-refractivity contribution >= 4 is 5.91 Å². The second kappa shape index (κ2) is 9.08. The molecule has 0 aliphatic carbocycles. The summed E-state index contributed by atoms with van der Waals surface area (Å²) >= 11 is 0. The van der Waals surface area contributed by atoms with E-state index in [0.717, 1.165) is 38.1 Å². The Morgan fingerprint density at radius 1 is 1.48 bits per heavy atom. The Bertz CT molecular complexity index is 459. The van der Waals surface area contributed by atoms with E-state index in [2.05, 4.69) is 22.0 Å². The topological polar surface area (TPSA) is 48.7 Å². The number of nitrogens with one attached hydrogen (secondary N) is 1. The Labute approximate surface area is 140 Å². The van der Waals surface area contributed by atoms with Crippen LogP contribution in [0, 0.1) is 0 Å². The van der Waals surface area contributed by atoms with Gasteiger partial charge in [-0.3, -0.25) is 14.6 Å². The number of carbonyl (C=O) groups is 1. The second-order valence-electron chi connectivity index (χ2n) is 6.64. The summed E-state index contributed by atoms with van der Waals surface area (Å²) < 4.78 is 5.51. The first-order chi connectivity index (χ1) is 11.1. The molecule has 1 aliphatic heterocycles. The lowest BCUT2D eigenvalue weighted by molar-refractivity contribution is -0.127. The van der Waals surface area contributed by atoms with Gasteiger partial charge in [0.25, 0.3) is 0 Å². The standard InChI is InChI=1S/C18H31N3O2/c1-4-5-11-21-12-7-6-9-15(21)18(22)19-14-16(20(2)3)17-10-8-13-23-17/h8,10,13,15-16H,4-7,9,11-12,14H2,1-3H3,(H,19,22)/t15-,16+/m1/s1. The van der Waals surface area contributed by atoms with Crippen molar-refractivity contribution < 1.29 is 9.21 Å². The number of rotatable bonds is 8. The Kier molecular flexibility index (Phi) is 7.12. The van der Waals surface area contributed by atoms with Crippen molar-refractivity contribution in [2.24, 2.45) is 0 Å². The minimum absolute atomic E-state index is 0.0368. The smallest absolute Gasteiger partial charge is 0.237 e. The molecule has 1 N–H and O–H groups in total. The van der Waals surface area contributed by atoms with Crippen LogP contribution in [0.2, 0.25) is 0 Å². The van der Waals surface area contributed by atoms with Crippen molar-refractivity contribution in [3.8, 4) is 0 Å². The van der Waals surface area contributed by atoms with Gasteiger partial charge in [0.15, 0.2) is 0 Å². The number of piperidine rings is 1. The maximum atomic E-state index is 12.7. The number of hydrogen-bond donors (Lipinski definition) is 1. The summed E-state index contributed by atoms with van der Waals surface area (Å²) in [4.78, 5) is 17.1. The Hall–Kier alpha value is -1.33. The monoisotopic (exact) mass is 321 g/mol. The van der Waals surface area contributed by atoms with E-state index in [1.807, 2.05) is 26.2 Å². The minimum atomic E-state index is 0.0368. The number of carbonyl (C=O) groups excluding carboxylic acids is 1. The third kappa shape index (κ3) is 5.08. The molecule has 1 aromatic rings. The van der Waals surface area contributed by atoms with Gasteiger partial charge in [0.2, 0.25) is 5.91 Å². The van der Waals surface area contributed by atoms with Gasteiger partial charge in [0, 0.05) is 6.54 Å². The van der Waals surface area contributed by atoms with Crippen LogP contribution in [0.5, 0.6) is 0 Å². The molecular formula is C18H31N3O2. The summed E-state index contributed by atoms with van der Waals surface area (Å²) in [5, 5.41) is 3.15. The van der Waals surface area contributed by atoms with Crippen LogP contribution in [0.4, 0.5) is 0 Å². The van der Waals surface area contributed by atoms with Gasteiger partial charge >= 0.3 is 0 Å². The van der Waals surface area contributed by atoms with Crippen molar-refractivity contribution in [2.45, 2.75) is 51.1 Å². The average molecular weight is 321 g/mol. The zero-order valence-electron chi connectivity index (χ0n) is 14.8. The van der Waals surface area contributed by atoms with E-state index in [4.69, 9.17) is 4.42 Å². The summed E-state index contributed by atoms with van der Waals surface area (Å²) in [6.07, 6.45) is 7.35. The van der Waals surface area contributed by atoms with Crippen molar-refractivity contribution in [3.63, 3.8) is 0 Å². The van der Waals surface area contributed by atoms with Crippen LogP contribution in [0.3, 0.4) is 0 Å². The van der Waals surface area contributed by atoms with Crippen molar-refractivity contribution in [1.82, 2.24) is 15.1 Å². The average Bonchev–Trinajstić information content (AvgIpc) is 3.07. The fraction of sp³-hybridized carbons (Fsp3) is 0.722. The van der Waals surface area contributed by atoms with Gasteiger partial charge in [-0.2, -0.15) is 0 Å². The number of likely N-dealkylation sites (tertiary alicyclic amines) is 1. The molecule has 0 bridgehead atoms. The molecule has 0 spiro atoms. The lowest BCUT2D eigenvalue weighted by atomic mass is 10.0. The molecule has 1 fully saturated rings. The van der Waals surface area contributed by atoms with E-state index in [-0.39, 0.29) is 18.0 Å². The van der Waals surface area contributed by atoms with Crippen LogP contribution in [-0.4, -0.2) is 55.5 Å². The fourth-order valence-corrected chi connectivity index (χ4v) is 3.25. The molecule has 1 aliphatic rings. The summed E-state index contributed by atoms with van der Waals surface area (Å²) in [6.45, 7) is 4.86. The summed E-state index contributed by atoms with van der Waals surface area (Å²) in [5.41, 5.74) is 0. The van der Waals surface area contributed by atoms with Crippen LogP contribution in [-0.2, 0) is 4.79 Å². The van der Waals surface area contributed by atoms with Crippen LogP contribution < -0.4 is 5.32 Å². The first-order valence-electron chi connectivity index (χ1n) is 8.85. The maximum absolute atomic E-state index is 12.7. The van der Waals surface area contributed by atoms with Crippen LogP contribution >= 0.6 is 0 Å². The fourth-order valence-electron chi connectivity index (χ4n) is 3.25. The van der Waals surface area contributed by atoms with E-state index in [9.17, 15) is 4.79 Å². The molecule has 2 heterocycles. The van der Waals surface area contributed by atoms with Gasteiger partial charge in [-0.1, -0.05) is 19.8 Å². The second-order valence-corrected chi connectivity index (χ2v) is 6.64. The molecule has 0 radical (unpaired) electrons. The lowest BCUT2D eigenvalue weighted by Crippen LogP contribution is -2.50. The van der Waals surface area contributed by atoms with Crippen LogP contribution in [0.1, 0.15) is 50.8 Å². The van der Waals surface area contributed by atoms with E-state index >= 15 is 0 Å². The Morgan fingerprint density at radius 3 is 2.96 bits per heavy atom. The van der Waals surface area contributed by atoms with Crippen molar-refractivity contribution in [1.29, 1.82) is 0 Å². The van der Waals surface area contributed by atoms with Crippen LogP contribution in [0.15, 0.2) is 22.8 Å². The SMILES string of the molecule is CCCCN1CCCC[C@@H]1C(=O)NC[C@@H](c1ccco1)N(C)C. The zero-order chi connectivity index (χ0) is 16.7. The molecule has 2 atom stereocenters. The quantitative estimate of drug-likeness (QED) is 0.800. The zero-order valence-corrected chi connectivity index (χ0v) is 14.8. The number of unbranched alkanes of at least 4 members (excludes halogenated alkanes) is 1. The van der Waals surface area contributed by atoms with Gasteiger partial charge < -0.3 is 9.73 Å². The lowest BCUT2D eigenvalue weighted by Gasteiger charge is -2.35. The third-order valence-electron chi connectivity index (χ3n) is 4.68. The number of nitrogens with zero attached hydrogens (tertiary/aromatic N) is 2. The van der Waals surface area contributed by atoms with Gasteiger partial charge in [-0.25, -0.2) is 0 Å². The molecule has 0 saturated carbocycles. The highest BCUT2D eigenvalue weighted by Gasteiger charge is 2.29. The number of likely N-dealkylation sites (N-methyl/N-ethyl adjacent to an activating group) is 1. The third-order valence-corrected chi connectivity index (χ3v) is 4.68. The van der Waals surface area contributed by atoms with E-state index < -0.39 is 0 Å². The molecule has 0 aromatic carbocycles. The molecular weight excluding hydrogens is 290 g/mol. The van der Waals surface area contributed by atoms with Crippen molar-refractivity contribution in [2.75, 3.05) is 33.7 Å². The molecule has 130 valence electrons. The van der Waals surface area contributed by atoms with Gasteiger partial charge in [0.05, 0.1) is 18.3 Å². The summed E-state index contributed by atoms with van der Waals surface area (Å²) in [6, 6.07) is 3.96. The molecule has 2 rings (SSSR count). The molecule has 1 aromatic heterocycles. The number of furan rings is 1. The summed E-state index contributed by atoms with van der Waals surface area (Å²) in [7, 11) is 4.01. The largest absolute Gasteiger partial charge is 0.468 e.